The molecule has 2 N–H and O–H groups in total. The lowest BCUT2D eigenvalue weighted by Gasteiger charge is -2.09. The summed E-state index contributed by atoms with van der Waals surface area (Å²) in [7, 11) is 0. The van der Waals surface area contributed by atoms with E-state index in [4.69, 9.17) is 33.5 Å². The molecule has 0 aliphatic heterocycles. The molecule has 1 aromatic heterocycles. The highest BCUT2D eigenvalue weighted by Gasteiger charge is 2.22. The van der Waals surface area contributed by atoms with Crippen LogP contribution in [0, 0.1) is 5.92 Å². The summed E-state index contributed by atoms with van der Waals surface area (Å²) in [6.07, 6.45) is 7.23. The Morgan fingerprint density at radius 3 is 2.48 bits per heavy atom. The van der Waals surface area contributed by atoms with E-state index in [2.05, 4.69) is 5.16 Å². The van der Waals surface area contributed by atoms with E-state index in [1.165, 1.54) is 25.7 Å². The topological polar surface area (TPSA) is 52.0 Å². The van der Waals surface area contributed by atoms with Crippen molar-refractivity contribution in [2.75, 3.05) is 5.73 Å². The van der Waals surface area contributed by atoms with Crippen molar-refractivity contribution in [1.82, 2.24) is 5.16 Å². The molecule has 3 rings (SSSR count). The van der Waals surface area contributed by atoms with Gasteiger partial charge in [-0.2, -0.15) is 0 Å². The maximum absolute atomic E-state index is 6.28. The van der Waals surface area contributed by atoms with Crippen LogP contribution in [0.4, 0.5) is 5.82 Å². The fourth-order valence-corrected chi connectivity index (χ4v) is 3.73. The molecule has 2 aromatic rings. The number of halogens is 2. The van der Waals surface area contributed by atoms with Crippen LogP contribution in [-0.2, 0) is 6.42 Å². The summed E-state index contributed by atoms with van der Waals surface area (Å²) in [4.78, 5) is 0. The third kappa shape index (κ3) is 3.04. The molecule has 0 spiro atoms. The van der Waals surface area contributed by atoms with Gasteiger partial charge in [-0.05, 0) is 24.5 Å². The number of hydrogen-bond donors (Lipinski definition) is 1. The molecule has 1 aromatic carbocycles. The molecule has 0 unspecified atom stereocenters. The van der Waals surface area contributed by atoms with Gasteiger partial charge in [-0.1, -0.05) is 60.1 Å². The highest BCUT2D eigenvalue weighted by atomic mass is 35.5. The molecule has 1 fully saturated rings. The van der Waals surface area contributed by atoms with E-state index in [-0.39, 0.29) is 0 Å². The predicted molar refractivity (Wildman–Crippen MR) is 86.7 cm³/mol. The highest BCUT2D eigenvalue weighted by Crippen LogP contribution is 2.40. The second-order valence-electron chi connectivity index (χ2n) is 5.65. The van der Waals surface area contributed by atoms with Crippen molar-refractivity contribution in [1.29, 1.82) is 0 Å². The molecule has 1 heterocycles. The van der Waals surface area contributed by atoms with Crippen LogP contribution < -0.4 is 5.73 Å². The van der Waals surface area contributed by atoms with Crippen LogP contribution in [0.1, 0.15) is 37.9 Å². The van der Waals surface area contributed by atoms with Crippen molar-refractivity contribution >= 4 is 29.0 Å². The molecule has 0 radical (unpaired) electrons. The lowest BCUT2D eigenvalue weighted by molar-refractivity contribution is 0.370. The van der Waals surface area contributed by atoms with E-state index in [0.717, 1.165) is 35.6 Å². The zero-order chi connectivity index (χ0) is 14.8. The number of rotatable bonds is 4. The largest absolute Gasteiger partial charge is 0.380 e. The van der Waals surface area contributed by atoms with Crippen molar-refractivity contribution in [3.63, 3.8) is 0 Å². The Balaban J connectivity index is 1.89. The van der Waals surface area contributed by atoms with Gasteiger partial charge in [-0.15, -0.1) is 0 Å². The molecule has 0 bridgehead atoms. The van der Waals surface area contributed by atoms with Crippen molar-refractivity contribution in [2.24, 2.45) is 5.92 Å². The molecule has 1 aliphatic rings. The Morgan fingerprint density at radius 1 is 1.14 bits per heavy atom. The van der Waals surface area contributed by atoms with Crippen molar-refractivity contribution in [3.8, 4) is 11.1 Å². The predicted octanol–water partition coefficient (Wildman–Crippen LogP) is 5.35. The van der Waals surface area contributed by atoms with Crippen LogP contribution in [0.5, 0.6) is 0 Å². The highest BCUT2D eigenvalue weighted by molar-refractivity contribution is 6.39. The molecule has 0 saturated heterocycles. The number of anilines is 1. The lowest BCUT2D eigenvalue weighted by atomic mass is 9.97. The Bertz CT molecular complexity index is 613. The average molecular weight is 325 g/mol. The Morgan fingerprint density at radius 2 is 1.81 bits per heavy atom. The summed E-state index contributed by atoms with van der Waals surface area (Å²) in [5.74, 6) is 1.92. The van der Waals surface area contributed by atoms with Gasteiger partial charge in [0.2, 0.25) is 0 Å². The van der Waals surface area contributed by atoms with Crippen LogP contribution in [0.2, 0.25) is 10.0 Å². The standard InChI is InChI=1S/C16H18Cl2N2O/c17-11-6-3-7-12(18)14(11)15-13(21-20-16(15)19)9-8-10-4-1-2-5-10/h3,6-7,10H,1-2,4-5,8-9H2,(H2,19,20). The third-order valence-electron chi connectivity index (χ3n) is 4.26. The Hall–Kier alpha value is -1.19. The summed E-state index contributed by atoms with van der Waals surface area (Å²) in [6, 6.07) is 5.42. The minimum Gasteiger partial charge on any atom is -0.380 e. The van der Waals surface area contributed by atoms with Gasteiger partial charge < -0.3 is 10.3 Å². The minimum absolute atomic E-state index is 0.353. The SMILES string of the molecule is Nc1noc(CCC2CCCC2)c1-c1c(Cl)cccc1Cl. The van der Waals surface area contributed by atoms with Crippen LogP contribution >= 0.6 is 23.2 Å². The first-order valence-electron chi connectivity index (χ1n) is 7.35. The zero-order valence-corrected chi connectivity index (χ0v) is 13.3. The molecule has 21 heavy (non-hydrogen) atoms. The van der Waals surface area contributed by atoms with Crippen molar-refractivity contribution in [2.45, 2.75) is 38.5 Å². The molecular formula is C16H18Cl2N2O. The summed E-state index contributed by atoms with van der Waals surface area (Å²) in [5.41, 5.74) is 7.45. The first-order chi connectivity index (χ1) is 10.2. The average Bonchev–Trinajstić information content (AvgIpc) is 3.08. The summed E-state index contributed by atoms with van der Waals surface area (Å²) < 4.78 is 5.43. The van der Waals surface area contributed by atoms with E-state index in [1.54, 1.807) is 12.1 Å². The summed E-state index contributed by atoms with van der Waals surface area (Å²) in [6.45, 7) is 0. The van der Waals surface area contributed by atoms with E-state index in [1.807, 2.05) is 6.07 Å². The lowest BCUT2D eigenvalue weighted by Crippen LogP contribution is -1.98. The number of nitrogens with two attached hydrogens (primary N) is 1. The van der Waals surface area contributed by atoms with Gasteiger partial charge in [0.05, 0.1) is 15.6 Å². The zero-order valence-electron chi connectivity index (χ0n) is 11.7. The third-order valence-corrected chi connectivity index (χ3v) is 4.89. The summed E-state index contributed by atoms with van der Waals surface area (Å²) >= 11 is 12.6. The molecule has 0 amide bonds. The van der Waals surface area contributed by atoms with E-state index < -0.39 is 0 Å². The Labute approximate surface area is 134 Å². The van der Waals surface area contributed by atoms with Gasteiger partial charge in [0.1, 0.15) is 5.76 Å². The number of nitrogen functional groups attached to an aromatic ring is 1. The van der Waals surface area contributed by atoms with Crippen LogP contribution in [-0.4, -0.2) is 5.16 Å². The van der Waals surface area contributed by atoms with Crippen LogP contribution in [0.3, 0.4) is 0 Å². The number of nitrogens with zero attached hydrogens (tertiary/aromatic N) is 1. The van der Waals surface area contributed by atoms with Crippen molar-refractivity contribution in [3.05, 3.63) is 34.0 Å². The second-order valence-corrected chi connectivity index (χ2v) is 6.47. The van der Waals surface area contributed by atoms with Crippen molar-refractivity contribution < 1.29 is 4.52 Å². The van der Waals surface area contributed by atoms with E-state index >= 15 is 0 Å². The van der Waals surface area contributed by atoms with Gasteiger partial charge in [-0.25, -0.2) is 0 Å². The van der Waals surface area contributed by atoms with Gasteiger partial charge in [0, 0.05) is 12.0 Å². The fourth-order valence-electron chi connectivity index (χ4n) is 3.15. The van der Waals surface area contributed by atoms with Gasteiger partial charge in [-0.3, -0.25) is 0 Å². The van der Waals surface area contributed by atoms with E-state index in [9.17, 15) is 0 Å². The first kappa shape index (κ1) is 14.7. The van der Waals surface area contributed by atoms with Gasteiger partial charge in [0.25, 0.3) is 0 Å². The maximum Gasteiger partial charge on any atom is 0.175 e. The Kier molecular flexibility index (Phi) is 4.41. The first-order valence-corrected chi connectivity index (χ1v) is 8.11. The molecule has 1 saturated carbocycles. The van der Waals surface area contributed by atoms with Crippen LogP contribution in [0.15, 0.2) is 22.7 Å². The molecule has 0 atom stereocenters. The van der Waals surface area contributed by atoms with Crippen LogP contribution in [0.25, 0.3) is 11.1 Å². The molecule has 3 nitrogen and oxygen atoms in total. The quantitative estimate of drug-likeness (QED) is 0.824. The normalized spacial score (nSPS) is 15.7. The number of aryl methyl sites for hydroxylation is 1. The molecule has 1 aliphatic carbocycles. The number of aromatic nitrogens is 1. The number of hydrogen-bond acceptors (Lipinski definition) is 3. The molecule has 5 heteroatoms. The molecular weight excluding hydrogens is 307 g/mol. The minimum atomic E-state index is 0.353. The summed E-state index contributed by atoms with van der Waals surface area (Å²) in [5, 5.41) is 5.04. The monoisotopic (exact) mass is 324 g/mol. The van der Waals surface area contributed by atoms with Gasteiger partial charge >= 0.3 is 0 Å². The second kappa shape index (κ2) is 6.29. The maximum atomic E-state index is 6.28. The number of benzene rings is 1. The smallest absolute Gasteiger partial charge is 0.175 e. The fraction of sp³-hybridized carbons (Fsp3) is 0.438. The van der Waals surface area contributed by atoms with E-state index in [0.29, 0.717) is 15.9 Å². The molecule has 112 valence electrons. The van der Waals surface area contributed by atoms with Gasteiger partial charge in [0.15, 0.2) is 5.82 Å².